The van der Waals surface area contributed by atoms with Gasteiger partial charge < -0.3 is 14.5 Å². The molecule has 0 aliphatic carbocycles. The average molecular weight is 245 g/mol. The van der Waals surface area contributed by atoms with Gasteiger partial charge >= 0.3 is 0 Å². The summed E-state index contributed by atoms with van der Waals surface area (Å²) < 4.78 is 10.9. The number of furan rings is 1. The Morgan fingerprint density at radius 1 is 1.28 bits per heavy atom. The molecule has 0 saturated heterocycles. The molecule has 0 aliphatic rings. The van der Waals surface area contributed by atoms with Gasteiger partial charge in [-0.05, 0) is 43.3 Å². The molecule has 0 aliphatic heterocycles. The zero-order chi connectivity index (χ0) is 12.8. The van der Waals surface area contributed by atoms with Crippen molar-refractivity contribution < 1.29 is 9.15 Å². The summed E-state index contributed by atoms with van der Waals surface area (Å²) in [7, 11) is 0. The van der Waals surface area contributed by atoms with Gasteiger partial charge in [0.2, 0.25) is 0 Å². The summed E-state index contributed by atoms with van der Waals surface area (Å²) in [4.78, 5) is 0. The molecule has 0 amide bonds. The van der Waals surface area contributed by atoms with Gasteiger partial charge in [-0.25, -0.2) is 0 Å². The third-order valence-corrected chi connectivity index (χ3v) is 2.83. The molecule has 1 aromatic heterocycles. The van der Waals surface area contributed by atoms with E-state index in [4.69, 9.17) is 9.15 Å². The Morgan fingerprint density at radius 3 is 2.89 bits per heavy atom. The van der Waals surface area contributed by atoms with Crippen LogP contribution in [0.4, 0.5) is 0 Å². The molecule has 0 spiro atoms. The molecule has 0 saturated carbocycles. The molecule has 1 atom stereocenters. The molecule has 0 radical (unpaired) electrons. The second-order valence-electron chi connectivity index (χ2n) is 4.22. The fraction of sp³-hybridized carbons (Fsp3) is 0.333. The van der Waals surface area contributed by atoms with Crippen LogP contribution in [0.25, 0.3) is 0 Å². The van der Waals surface area contributed by atoms with Crippen molar-refractivity contribution in [1.82, 2.24) is 5.32 Å². The van der Waals surface area contributed by atoms with Crippen molar-refractivity contribution in [2.45, 2.75) is 26.5 Å². The molecule has 18 heavy (non-hydrogen) atoms. The molecule has 0 fully saturated rings. The van der Waals surface area contributed by atoms with Crippen molar-refractivity contribution in [2.24, 2.45) is 0 Å². The number of hydrogen-bond acceptors (Lipinski definition) is 3. The van der Waals surface area contributed by atoms with Crippen molar-refractivity contribution in [3.63, 3.8) is 0 Å². The number of nitrogens with one attached hydrogen (secondary N) is 1. The third-order valence-electron chi connectivity index (χ3n) is 2.83. The second-order valence-corrected chi connectivity index (χ2v) is 4.22. The molecule has 1 unspecified atom stereocenters. The van der Waals surface area contributed by atoms with Crippen molar-refractivity contribution in [3.8, 4) is 5.75 Å². The van der Waals surface area contributed by atoms with Gasteiger partial charge in [-0.3, -0.25) is 0 Å². The minimum atomic E-state index is 0.335. The molecular weight excluding hydrogens is 226 g/mol. The molecule has 2 aromatic rings. The predicted octanol–water partition coefficient (Wildman–Crippen LogP) is 3.53. The standard InChI is InChI=1S/C15H19NO2/c1-3-16-12(2)13-6-4-7-14(10-13)18-11-15-8-5-9-17-15/h4-10,12,16H,3,11H2,1-2H3. The SMILES string of the molecule is CCNC(C)c1cccc(OCc2ccco2)c1. The van der Waals surface area contributed by atoms with E-state index in [9.17, 15) is 0 Å². The second kappa shape index (κ2) is 6.26. The summed E-state index contributed by atoms with van der Waals surface area (Å²) in [5.41, 5.74) is 1.23. The quantitative estimate of drug-likeness (QED) is 0.845. The minimum absolute atomic E-state index is 0.335. The van der Waals surface area contributed by atoms with Crippen LogP contribution in [0.1, 0.15) is 31.2 Å². The van der Waals surface area contributed by atoms with E-state index < -0.39 is 0 Å². The Morgan fingerprint density at radius 2 is 2.17 bits per heavy atom. The summed E-state index contributed by atoms with van der Waals surface area (Å²) in [6, 6.07) is 12.3. The Hall–Kier alpha value is -1.74. The Balaban J connectivity index is 1.98. The van der Waals surface area contributed by atoms with Crippen LogP contribution < -0.4 is 10.1 Å². The fourth-order valence-corrected chi connectivity index (χ4v) is 1.85. The summed E-state index contributed by atoms with van der Waals surface area (Å²) in [6.45, 7) is 5.67. The monoisotopic (exact) mass is 245 g/mol. The van der Waals surface area contributed by atoms with Crippen molar-refractivity contribution in [2.75, 3.05) is 6.54 Å². The van der Waals surface area contributed by atoms with Crippen LogP contribution in [0.2, 0.25) is 0 Å². The summed E-state index contributed by atoms with van der Waals surface area (Å²) >= 11 is 0. The van der Waals surface area contributed by atoms with Crippen LogP contribution in [0, 0.1) is 0 Å². The van der Waals surface area contributed by atoms with Gasteiger partial charge in [0.15, 0.2) is 0 Å². The Bertz CT molecular complexity index is 465. The fourth-order valence-electron chi connectivity index (χ4n) is 1.85. The third kappa shape index (κ3) is 3.37. The smallest absolute Gasteiger partial charge is 0.146 e. The van der Waals surface area contributed by atoms with Crippen LogP contribution in [-0.2, 0) is 6.61 Å². The zero-order valence-corrected chi connectivity index (χ0v) is 10.8. The summed E-state index contributed by atoms with van der Waals surface area (Å²) in [6.07, 6.45) is 1.66. The van der Waals surface area contributed by atoms with Crippen molar-refractivity contribution in [1.29, 1.82) is 0 Å². The first-order valence-corrected chi connectivity index (χ1v) is 6.28. The molecule has 96 valence electrons. The maximum absolute atomic E-state index is 5.70. The molecule has 1 aromatic carbocycles. The molecule has 3 nitrogen and oxygen atoms in total. The lowest BCUT2D eigenvalue weighted by Gasteiger charge is -2.14. The van der Waals surface area contributed by atoms with Crippen LogP contribution in [-0.4, -0.2) is 6.54 Å². The van der Waals surface area contributed by atoms with Crippen LogP contribution >= 0.6 is 0 Å². The van der Waals surface area contributed by atoms with E-state index in [1.54, 1.807) is 6.26 Å². The van der Waals surface area contributed by atoms with Gasteiger partial charge in [0.1, 0.15) is 18.1 Å². The highest BCUT2D eigenvalue weighted by Gasteiger charge is 2.05. The van der Waals surface area contributed by atoms with Crippen LogP contribution in [0.15, 0.2) is 47.1 Å². The lowest BCUT2D eigenvalue weighted by atomic mass is 10.1. The zero-order valence-electron chi connectivity index (χ0n) is 10.8. The lowest BCUT2D eigenvalue weighted by Crippen LogP contribution is -2.17. The highest BCUT2D eigenvalue weighted by Crippen LogP contribution is 2.20. The Kier molecular flexibility index (Phi) is 4.42. The van der Waals surface area contributed by atoms with E-state index in [1.165, 1.54) is 5.56 Å². The average Bonchev–Trinajstić information content (AvgIpc) is 2.90. The number of hydrogen-bond donors (Lipinski definition) is 1. The maximum Gasteiger partial charge on any atom is 0.146 e. The van der Waals surface area contributed by atoms with E-state index >= 15 is 0 Å². The van der Waals surface area contributed by atoms with Gasteiger partial charge in [-0.1, -0.05) is 19.1 Å². The molecule has 0 bridgehead atoms. The maximum atomic E-state index is 5.70. The van der Waals surface area contributed by atoms with E-state index in [0.29, 0.717) is 12.6 Å². The number of rotatable bonds is 6. The van der Waals surface area contributed by atoms with Gasteiger partial charge in [-0.15, -0.1) is 0 Å². The first-order valence-electron chi connectivity index (χ1n) is 6.28. The predicted molar refractivity (Wildman–Crippen MR) is 71.6 cm³/mol. The van der Waals surface area contributed by atoms with E-state index in [0.717, 1.165) is 18.1 Å². The van der Waals surface area contributed by atoms with Gasteiger partial charge in [0.25, 0.3) is 0 Å². The van der Waals surface area contributed by atoms with E-state index in [-0.39, 0.29) is 0 Å². The lowest BCUT2D eigenvalue weighted by molar-refractivity contribution is 0.270. The largest absolute Gasteiger partial charge is 0.486 e. The highest BCUT2D eigenvalue weighted by molar-refractivity contribution is 5.30. The van der Waals surface area contributed by atoms with Gasteiger partial charge in [-0.2, -0.15) is 0 Å². The van der Waals surface area contributed by atoms with Crippen LogP contribution in [0.3, 0.4) is 0 Å². The van der Waals surface area contributed by atoms with Crippen molar-refractivity contribution in [3.05, 3.63) is 54.0 Å². The normalized spacial score (nSPS) is 12.3. The van der Waals surface area contributed by atoms with Crippen LogP contribution in [0.5, 0.6) is 5.75 Å². The molecule has 1 N–H and O–H groups in total. The summed E-state index contributed by atoms with van der Waals surface area (Å²) in [5, 5.41) is 3.38. The first-order chi connectivity index (χ1) is 8.79. The minimum Gasteiger partial charge on any atom is -0.486 e. The highest BCUT2D eigenvalue weighted by atomic mass is 16.5. The first kappa shape index (κ1) is 12.7. The topological polar surface area (TPSA) is 34.4 Å². The molecule has 2 rings (SSSR count). The van der Waals surface area contributed by atoms with Gasteiger partial charge in [0, 0.05) is 6.04 Å². The number of benzene rings is 1. The molecule has 1 heterocycles. The van der Waals surface area contributed by atoms with E-state index in [1.807, 2.05) is 24.3 Å². The Labute approximate surface area is 108 Å². The molecular formula is C15H19NO2. The number of ether oxygens (including phenoxy) is 1. The van der Waals surface area contributed by atoms with Crippen molar-refractivity contribution >= 4 is 0 Å². The summed E-state index contributed by atoms with van der Waals surface area (Å²) in [5.74, 6) is 1.70. The van der Waals surface area contributed by atoms with E-state index in [2.05, 4.69) is 31.3 Å². The van der Waals surface area contributed by atoms with Gasteiger partial charge in [0.05, 0.1) is 6.26 Å². The molecule has 3 heteroatoms.